The molecule has 1 heterocycles. The van der Waals surface area contributed by atoms with Gasteiger partial charge in [0.25, 0.3) is 0 Å². The molecule has 1 fully saturated rings. The van der Waals surface area contributed by atoms with Gasteiger partial charge in [0.05, 0.1) is 18.3 Å². The Bertz CT molecular complexity index is 581. The molecule has 0 amide bonds. The van der Waals surface area contributed by atoms with Crippen molar-refractivity contribution in [2.75, 3.05) is 32.1 Å². The van der Waals surface area contributed by atoms with E-state index in [1.807, 2.05) is 37.2 Å². The van der Waals surface area contributed by atoms with Crippen LogP contribution in [0.3, 0.4) is 0 Å². The summed E-state index contributed by atoms with van der Waals surface area (Å²) in [5.41, 5.74) is 0.852. The molecule has 1 aliphatic carbocycles. The number of aromatic nitrogens is 1. The van der Waals surface area contributed by atoms with E-state index in [1.165, 1.54) is 6.42 Å². The SMILES string of the molecule is CCNC(=NCc1cccc(N(C)C)n1)NCC1(C)CCCCC1O.I. The third-order valence-electron chi connectivity index (χ3n) is 4.93. The number of hydrogen-bond acceptors (Lipinski definition) is 4. The van der Waals surface area contributed by atoms with Gasteiger partial charge in [0, 0.05) is 32.6 Å². The Hall–Kier alpha value is -1.09. The summed E-state index contributed by atoms with van der Waals surface area (Å²) in [7, 11) is 3.97. The first kappa shape index (κ1) is 23.0. The first-order valence-corrected chi connectivity index (χ1v) is 9.28. The van der Waals surface area contributed by atoms with E-state index < -0.39 is 0 Å². The molecule has 1 aliphatic rings. The van der Waals surface area contributed by atoms with Gasteiger partial charge in [-0.15, -0.1) is 24.0 Å². The second-order valence-electron chi connectivity index (χ2n) is 7.35. The fourth-order valence-corrected chi connectivity index (χ4v) is 3.18. The number of halogens is 1. The third kappa shape index (κ3) is 6.57. The van der Waals surface area contributed by atoms with E-state index in [4.69, 9.17) is 0 Å². The Morgan fingerprint density at radius 1 is 1.35 bits per heavy atom. The van der Waals surface area contributed by atoms with Crippen molar-refractivity contribution in [2.24, 2.45) is 10.4 Å². The number of nitrogens with zero attached hydrogens (tertiary/aromatic N) is 3. The zero-order valence-electron chi connectivity index (χ0n) is 16.5. The summed E-state index contributed by atoms with van der Waals surface area (Å²) in [5.74, 6) is 1.71. The maximum Gasteiger partial charge on any atom is 0.191 e. The summed E-state index contributed by atoms with van der Waals surface area (Å²) >= 11 is 0. The number of guanidine groups is 1. The lowest BCUT2D eigenvalue weighted by atomic mass is 9.73. The number of aliphatic hydroxyl groups is 1. The summed E-state index contributed by atoms with van der Waals surface area (Å²) < 4.78 is 0. The second kappa shape index (κ2) is 10.9. The van der Waals surface area contributed by atoms with Gasteiger partial charge in [-0.05, 0) is 31.9 Å². The molecule has 0 bridgehead atoms. The zero-order chi connectivity index (χ0) is 18.3. The summed E-state index contributed by atoms with van der Waals surface area (Å²) in [6.45, 7) is 6.27. The molecule has 6 nitrogen and oxygen atoms in total. The highest BCUT2D eigenvalue weighted by molar-refractivity contribution is 14.0. The lowest BCUT2D eigenvalue weighted by Crippen LogP contribution is -2.48. The Morgan fingerprint density at radius 3 is 2.77 bits per heavy atom. The van der Waals surface area contributed by atoms with Gasteiger partial charge in [0.1, 0.15) is 5.82 Å². The minimum Gasteiger partial charge on any atom is -0.392 e. The van der Waals surface area contributed by atoms with Gasteiger partial charge in [-0.3, -0.25) is 0 Å². The predicted octanol–water partition coefficient (Wildman–Crippen LogP) is 2.76. The summed E-state index contributed by atoms with van der Waals surface area (Å²) in [6.07, 6.45) is 4.01. The Kier molecular flexibility index (Phi) is 9.63. The molecule has 3 N–H and O–H groups in total. The maximum atomic E-state index is 10.3. The van der Waals surface area contributed by atoms with Crippen molar-refractivity contribution in [1.82, 2.24) is 15.6 Å². The number of anilines is 1. The quantitative estimate of drug-likeness (QED) is 0.335. The minimum atomic E-state index is -0.241. The molecular weight excluding hydrogens is 441 g/mol. The molecule has 2 rings (SSSR count). The van der Waals surface area contributed by atoms with Crippen LogP contribution in [-0.4, -0.2) is 49.3 Å². The number of aliphatic imine (C=N–C) groups is 1. The van der Waals surface area contributed by atoms with Crippen molar-refractivity contribution >= 4 is 35.8 Å². The van der Waals surface area contributed by atoms with Crippen LogP contribution in [0.5, 0.6) is 0 Å². The molecule has 2 unspecified atom stereocenters. The van der Waals surface area contributed by atoms with Crippen LogP contribution in [0.15, 0.2) is 23.2 Å². The third-order valence-corrected chi connectivity index (χ3v) is 4.93. The molecular formula is C19H34IN5O. The second-order valence-corrected chi connectivity index (χ2v) is 7.35. The standard InChI is InChI=1S/C19H33N5O.HI/c1-5-20-18(22-14-19(2)12-7-6-10-16(19)25)21-13-15-9-8-11-17(23-15)24(3)4;/h8-9,11,16,25H,5-7,10,12-14H2,1-4H3,(H2,20,21,22);1H. The van der Waals surface area contributed by atoms with Crippen LogP contribution in [0.4, 0.5) is 5.82 Å². The van der Waals surface area contributed by atoms with Crippen LogP contribution in [0.25, 0.3) is 0 Å². The number of nitrogens with one attached hydrogen (secondary N) is 2. The largest absolute Gasteiger partial charge is 0.392 e. The molecule has 0 saturated heterocycles. The summed E-state index contributed by atoms with van der Waals surface area (Å²) in [4.78, 5) is 11.2. The molecule has 1 aromatic rings. The fraction of sp³-hybridized carbons (Fsp3) is 0.684. The number of aliphatic hydroxyl groups excluding tert-OH is 1. The topological polar surface area (TPSA) is 72.8 Å². The van der Waals surface area contributed by atoms with Crippen LogP contribution in [0, 0.1) is 5.41 Å². The number of hydrogen-bond donors (Lipinski definition) is 3. The Labute approximate surface area is 174 Å². The van der Waals surface area contributed by atoms with Crippen LogP contribution in [0.2, 0.25) is 0 Å². The molecule has 148 valence electrons. The van der Waals surface area contributed by atoms with Crippen molar-refractivity contribution in [3.63, 3.8) is 0 Å². The van der Waals surface area contributed by atoms with Crippen LogP contribution in [-0.2, 0) is 6.54 Å². The zero-order valence-corrected chi connectivity index (χ0v) is 18.8. The Morgan fingerprint density at radius 2 is 2.12 bits per heavy atom. The van der Waals surface area contributed by atoms with Gasteiger partial charge >= 0.3 is 0 Å². The average molecular weight is 475 g/mol. The van der Waals surface area contributed by atoms with E-state index in [0.29, 0.717) is 6.54 Å². The van der Waals surface area contributed by atoms with Crippen molar-refractivity contribution in [3.05, 3.63) is 23.9 Å². The van der Waals surface area contributed by atoms with Gasteiger partial charge < -0.3 is 20.6 Å². The first-order chi connectivity index (χ1) is 11.9. The van der Waals surface area contributed by atoms with E-state index in [9.17, 15) is 5.11 Å². The van der Waals surface area contributed by atoms with Crippen molar-refractivity contribution in [1.29, 1.82) is 0 Å². The van der Waals surface area contributed by atoms with Crippen LogP contribution < -0.4 is 15.5 Å². The average Bonchev–Trinajstić information content (AvgIpc) is 2.60. The van der Waals surface area contributed by atoms with E-state index in [2.05, 4.69) is 34.5 Å². The number of pyridine rings is 1. The van der Waals surface area contributed by atoms with Crippen LogP contribution in [0.1, 0.15) is 45.2 Å². The van der Waals surface area contributed by atoms with Gasteiger partial charge in [-0.1, -0.05) is 25.8 Å². The van der Waals surface area contributed by atoms with Gasteiger partial charge in [0.15, 0.2) is 5.96 Å². The molecule has 0 aliphatic heterocycles. The van der Waals surface area contributed by atoms with Crippen molar-refractivity contribution in [2.45, 2.75) is 52.2 Å². The minimum absolute atomic E-state index is 0. The maximum absolute atomic E-state index is 10.3. The smallest absolute Gasteiger partial charge is 0.191 e. The van der Waals surface area contributed by atoms with E-state index in [0.717, 1.165) is 49.8 Å². The monoisotopic (exact) mass is 475 g/mol. The normalized spacial score (nSPS) is 23.1. The molecule has 2 atom stereocenters. The van der Waals surface area contributed by atoms with Crippen molar-refractivity contribution in [3.8, 4) is 0 Å². The number of rotatable bonds is 6. The van der Waals surface area contributed by atoms with Gasteiger partial charge in [-0.2, -0.15) is 0 Å². The van der Waals surface area contributed by atoms with E-state index in [-0.39, 0.29) is 35.5 Å². The molecule has 26 heavy (non-hydrogen) atoms. The Balaban J connectivity index is 0.00000338. The molecule has 1 aromatic heterocycles. The van der Waals surface area contributed by atoms with Gasteiger partial charge in [-0.25, -0.2) is 9.98 Å². The lowest BCUT2D eigenvalue weighted by molar-refractivity contribution is 0.00397. The van der Waals surface area contributed by atoms with Crippen molar-refractivity contribution < 1.29 is 5.11 Å². The molecule has 1 saturated carbocycles. The first-order valence-electron chi connectivity index (χ1n) is 9.28. The highest BCUT2D eigenvalue weighted by Crippen LogP contribution is 2.35. The lowest BCUT2D eigenvalue weighted by Gasteiger charge is -2.38. The van der Waals surface area contributed by atoms with E-state index >= 15 is 0 Å². The molecule has 0 aromatic carbocycles. The van der Waals surface area contributed by atoms with Crippen LogP contribution >= 0.6 is 24.0 Å². The predicted molar refractivity (Wildman–Crippen MR) is 119 cm³/mol. The fourth-order valence-electron chi connectivity index (χ4n) is 3.18. The highest BCUT2D eigenvalue weighted by atomic mass is 127. The van der Waals surface area contributed by atoms with E-state index in [1.54, 1.807) is 0 Å². The molecule has 7 heteroatoms. The molecule has 0 spiro atoms. The van der Waals surface area contributed by atoms with Gasteiger partial charge in [0.2, 0.25) is 0 Å². The summed E-state index contributed by atoms with van der Waals surface area (Å²) in [6, 6.07) is 5.99. The summed E-state index contributed by atoms with van der Waals surface area (Å²) in [5, 5.41) is 17.0. The highest BCUT2D eigenvalue weighted by Gasteiger charge is 2.35. The molecule has 0 radical (unpaired) electrons.